The van der Waals surface area contributed by atoms with Gasteiger partial charge in [-0.05, 0) is 0 Å². The third-order valence-corrected chi connectivity index (χ3v) is 0.611. The minimum Gasteiger partial charge on any atom is -0.394 e. The Hall–Kier alpha value is 0.210. The molecule has 0 bridgehead atoms. The maximum atomic E-state index is 8.12. The zero-order valence-corrected chi connectivity index (χ0v) is 6.82. The number of aliphatic hydroxyl groups excluding tert-OH is 1. The molecule has 9 heavy (non-hydrogen) atoms. The summed E-state index contributed by atoms with van der Waals surface area (Å²) in [4.78, 5) is 0. The van der Waals surface area contributed by atoms with Crippen LogP contribution in [0.4, 0.5) is 0 Å². The van der Waals surface area contributed by atoms with Crippen LogP contribution in [-0.2, 0) is 4.74 Å². The van der Waals surface area contributed by atoms with E-state index in [1.165, 1.54) is 0 Å². The molecule has 58 valence electrons. The molecule has 0 radical (unpaired) electrons. The second-order valence-corrected chi connectivity index (χ2v) is 1.40. The van der Waals surface area contributed by atoms with Gasteiger partial charge in [0.15, 0.2) is 0 Å². The maximum absolute atomic E-state index is 8.12. The lowest BCUT2D eigenvalue weighted by molar-refractivity contribution is 0.103. The van der Waals surface area contributed by atoms with Gasteiger partial charge in [0.2, 0.25) is 0 Å². The second kappa shape index (κ2) is 15.7. The summed E-state index contributed by atoms with van der Waals surface area (Å²) < 4.78 is 4.75. The maximum Gasteiger partial charge on any atom is 0.0698 e. The van der Waals surface area contributed by atoms with E-state index in [1.54, 1.807) is 0 Å². The Morgan fingerprint density at radius 3 is 2.22 bits per heavy atom. The summed E-state index contributed by atoms with van der Waals surface area (Å²) in [6.45, 7) is 5.01. The quantitative estimate of drug-likeness (QED) is 0.488. The molecule has 1 N–H and O–H groups in total. The molecular formula is C6H15ClO2. The molecule has 0 saturated heterocycles. The van der Waals surface area contributed by atoms with Gasteiger partial charge >= 0.3 is 0 Å². The third kappa shape index (κ3) is 17.9. The molecule has 0 atom stereocenters. The zero-order chi connectivity index (χ0) is 7.54. The van der Waals surface area contributed by atoms with Crippen LogP contribution >= 0.6 is 11.6 Å². The SMILES string of the molecule is CC.OCCOCCCl. The molecule has 0 rings (SSSR count). The van der Waals surface area contributed by atoms with Crippen LogP contribution in [0.3, 0.4) is 0 Å². The Morgan fingerprint density at radius 2 is 1.89 bits per heavy atom. The van der Waals surface area contributed by atoms with Crippen LogP contribution in [0.25, 0.3) is 0 Å². The van der Waals surface area contributed by atoms with E-state index in [-0.39, 0.29) is 6.61 Å². The first-order chi connectivity index (χ1) is 4.41. The van der Waals surface area contributed by atoms with Crippen molar-refractivity contribution in [2.45, 2.75) is 13.8 Å². The molecule has 0 spiro atoms. The van der Waals surface area contributed by atoms with E-state index in [0.717, 1.165) is 0 Å². The first-order valence-electron chi connectivity index (χ1n) is 3.16. The third-order valence-electron chi connectivity index (χ3n) is 0.457. The Morgan fingerprint density at radius 1 is 1.33 bits per heavy atom. The molecule has 0 aromatic rings. The van der Waals surface area contributed by atoms with Crippen LogP contribution in [0.15, 0.2) is 0 Å². The van der Waals surface area contributed by atoms with E-state index in [1.807, 2.05) is 13.8 Å². The summed E-state index contributed by atoms with van der Waals surface area (Å²) in [5, 5.41) is 8.12. The Labute approximate surface area is 61.8 Å². The lowest BCUT2D eigenvalue weighted by Gasteiger charge is -1.94. The van der Waals surface area contributed by atoms with E-state index in [9.17, 15) is 0 Å². The minimum atomic E-state index is 0.0802. The van der Waals surface area contributed by atoms with Gasteiger partial charge in [-0.1, -0.05) is 13.8 Å². The summed E-state index contributed by atoms with van der Waals surface area (Å²) in [5.74, 6) is 0.500. The highest BCUT2D eigenvalue weighted by atomic mass is 35.5. The van der Waals surface area contributed by atoms with Crippen LogP contribution in [-0.4, -0.2) is 30.8 Å². The van der Waals surface area contributed by atoms with Gasteiger partial charge in [0.25, 0.3) is 0 Å². The van der Waals surface area contributed by atoms with Crippen molar-refractivity contribution in [2.75, 3.05) is 25.7 Å². The predicted octanol–water partition coefficient (Wildman–Crippen LogP) is 1.26. The standard InChI is InChI=1S/C4H9ClO2.C2H6/c5-1-3-7-4-2-6;1-2/h6H,1-4H2;1-2H3. The van der Waals surface area contributed by atoms with Crippen molar-refractivity contribution >= 4 is 11.6 Å². The van der Waals surface area contributed by atoms with Gasteiger partial charge < -0.3 is 9.84 Å². The normalized spacial score (nSPS) is 8.00. The van der Waals surface area contributed by atoms with Crippen molar-refractivity contribution in [2.24, 2.45) is 0 Å². The molecule has 0 aromatic carbocycles. The number of aliphatic hydroxyl groups is 1. The number of ether oxygens (including phenoxy) is 1. The molecule has 0 fully saturated rings. The van der Waals surface area contributed by atoms with Gasteiger partial charge in [0.1, 0.15) is 0 Å². The highest BCUT2D eigenvalue weighted by molar-refractivity contribution is 6.17. The fourth-order valence-corrected chi connectivity index (χ4v) is 0.330. The van der Waals surface area contributed by atoms with Crippen molar-refractivity contribution in [1.29, 1.82) is 0 Å². The van der Waals surface area contributed by atoms with Crippen LogP contribution in [0.1, 0.15) is 13.8 Å². The Balaban J connectivity index is 0. The molecule has 2 nitrogen and oxygen atoms in total. The number of rotatable bonds is 4. The summed E-state index contributed by atoms with van der Waals surface area (Å²) in [7, 11) is 0. The van der Waals surface area contributed by atoms with Crippen molar-refractivity contribution in [1.82, 2.24) is 0 Å². The lowest BCUT2D eigenvalue weighted by Crippen LogP contribution is -2.00. The zero-order valence-electron chi connectivity index (χ0n) is 6.06. The predicted molar refractivity (Wildman–Crippen MR) is 40.0 cm³/mol. The lowest BCUT2D eigenvalue weighted by atomic mass is 10.7. The Kier molecular flexibility index (Phi) is 20.9. The van der Waals surface area contributed by atoms with Gasteiger partial charge in [-0.2, -0.15) is 0 Å². The molecule has 3 heteroatoms. The van der Waals surface area contributed by atoms with Crippen molar-refractivity contribution in [3.8, 4) is 0 Å². The van der Waals surface area contributed by atoms with Crippen LogP contribution < -0.4 is 0 Å². The first kappa shape index (κ1) is 11.9. The van der Waals surface area contributed by atoms with Crippen molar-refractivity contribution in [3.63, 3.8) is 0 Å². The molecule has 0 unspecified atom stereocenters. The van der Waals surface area contributed by atoms with Gasteiger partial charge in [0, 0.05) is 5.88 Å². The summed E-state index contributed by atoms with van der Waals surface area (Å²) in [6, 6.07) is 0. The van der Waals surface area contributed by atoms with Gasteiger partial charge in [0.05, 0.1) is 19.8 Å². The second-order valence-electron chi connectivity index (χ2n) is 1.02. The van der Waals surface area contributed by atoms with Gasteiger partial charge in [-0.3, -0.25) is 0 Å². The molecule has 0 aliphatic carbocycles. The molecule has 0 heterocycles. The molecular weight excluding hydrogens is 140 g/mol. The van der Waals surface area contributed by atoms with Crippen molar-refractivity contribution < 1.29 is 9.84 Å². The summed E-state index contributed by atoms with van der Waals surface area (Å²) in [5.41, 5.74) is 0. The van der Waals surface area contributed by atoms with E-state index in [4.69, 9.17) is 21.4 Å². The monoisotopic (exact) mass is 154 g/mol. The van der Waals surface area contributed by atoms with Gasteiger partial charge in [-0.25, -0.2) is 0 Å². The highest BCUT2D eigenvalue weighted by Gasteiger charge is 1.79. The van der Waals surface area contributed by atoms with Crippen molar-refractivity contribution in [3.05, 3.63) is 0 Å². The minimum absolute atomic E-state index is 0.0802. The smallest absolute Gasteiger partial charge is 0.0698 e. The van der Waals surface area contributed by atoms with Crippen LogP contribution in [0.5, 0.6) is 0 Å². The molecule has 0 saturated carbocycles. The van der Waals surface area contributed by atoms with E-state index < -0.39 is 0 Å². The number of hydrogen-bond acceptors (Lipinski definition) is 2. The van der Waals surface area contributed by atoms with E-state index in [2.05, 4.69) is 0 Å². The largest absolute Gasteiger partial charge is 0.394 e. The first-order valence-corrected chi connectivity index (χ1v) is 3.70. The highest BCUT2D eigenvalue weighted by Crippen LogP contribution is 1.75. The Bertz CT molecular complexity index is 30.2. The average Bonchev–Trinajstić information content (AvgIpc) is 1.94. The summed E-state index contributed by atoms with van der Waals surface area (Å²) >= 11 is 5.23. The fourth-order valence-electron chi connectivity index (χ4n) is 0.221. The van der Waals surface area contributed by atoms with E-state index in [0.29, 0.717) is 19.1 Å². The number of alkyl halides is 1. The molecule has 0 aliphatic rings. The van der Waals surface area contributed by atoms with E-state index >= 15 is 0 Å². The molecule has 0 aromatic heterocycles. The molecule has 0 aliphatic heterocycles. The van der Waals surface area contributed by atoms with Crippen LogP contribution in [0, 0.1) is 0 Å². The summed E-state index contributed by atoms with van der Waals surface area (Å²) in [6.07, 6.45) is 0. The topological polar surface area (TPSA) is 29.5 Å². The number of hydrogen-bond donors (Lipinski definition) is 1. The van der Waals surface area contributed by atoms with Crippen LogP contribution in [0.2, 0.25) is 0 Å². The fraction of sp³-hybridized carbons (Fsp3) is 1.00. The van der Waals surface area contributed by atoms with Gasteiger partial charge in [-0.15, -0.1) is 11.6 Å². The average molecular weight is 155 g/mol. The molecule has 0 amide bonds. The number of halogens is 1.